The minimum atomic E-state index is -1.58. The van der Waals surface area contributed by atoms with E-state index in [1.807, 2.05) is 31.2 Å². The number of methoxy groups -OCH3 is 1. The molecule has 0 aliphatic carbocycles. The predicted octanol–water partition coefficient (Wildman–Crippen LogP) is -1.15. The topological polar surface area (TPSA) is 176 Å². The quantitative estimate of drug-likeness (QED) is 0.214. The van der Waals surface area contributed by atoms with Gasteiger partial charge in [0.25, 0.3) is 0 Å². The Kier molecular flexibility index (Phi) is 9.55. The second kappa shape index (κ2) is 12.2. The lowest BCUT2D eigenvalue weighted by Crippen LogP contribution is -2.67. The lowest BCUT2D eigenvalue weighted by molar-refractivity contribution is -0.331. The molecule has 0 spiro atoms. The van der Waals surface area contributed by atoms with Gasteiger partial charge in [-0.05, 0) is 19.1 Å². The van der Waals surface area contributed by atoms with E-state index in [-0.39, 0.29) is 13.1 Å². The summed E-state index contributed by atoms with van der Waals surface area (Å²) < 4.78 is 22.7. The predicted molar refractivity (Wildman–Crippen MR) is 122 cm³/mol. The molecule has 10 unspecified atom stereocenters. The lowest BCUT2D eigenvalue weighted by atomic mass is 9.90. The highest BCUT2D eigenvalue weighted by Gasteiger charge is 2.51. The summed E-state index contributed by atoms with van der Waals surface area (Å²) in [6.45, 7) is 3.45. The number of hydrogen-bond acceptors (Lipinski definition) is 11. The zero-order valence-electron chi connectivity index (χ0n) is 19.8. The van der Waals surface area contributed by atoms with Gasteiger partial charge >= 0.3 is 5.97 Å². The van der Waals surface area contributed by atoms with Gasteiger partial charge in [-0.15, -0.1) is 0 Å². The number of nitrogens with one attached hydrogen (secondary N) is 2. The van der Waals surface area contributed by atoms with Crippen molar-refractivity contribution in [1.82, 2.24) is 5.32 Å². The van der Waals surface area contributed by atoms with Crippen molar-refractivity contribution in [3.8, 4) is 0 Å². The molecule has 0 radical (unpaired) electrons. The summed E-state index contributed by atoms with van der Waals surface area (Å²) in [5.41, 5.74) is 1.88. The van der Waals surface area contributed by atoms with E-state index in [1.54, 1.807) is 0 Å². The number of aliphatic hydroxyl groups excluding tert-OH is 3. The fraction of sp³-hybridized carbons (Fsp3) is 0.652. The van der Waals surface area contributed by atoms with Gasteiger partial charge in [0.1, 0.15) is 30.7 Å². The highest BCUT2D eigenvalue weighted by Crippen LogP contribution is 2.31. The first kappa shape index (κ1) is 27.4. The molecule has 0 amide bonds. The minimum absolute atomic E-state index is 0.113. The Balaban J connectivity index is 1.81. The number of carbonyl (C=O) groups is 2. The normalized spacial score (nSPS) is 37.5. The summed E-state index contributed by atoms with van der Waals surface area (Å²) in [5, 5.41) is 47.5. The molecule has 12 heteroatoms. The van der Waals surface area contributed by atoms with Gasteiger partial charge in [-0.25, -0.2) is 4.79 Å². The van der Waals surface area contributed by atoms with Gasteiger partial charge in [0.2, 0.25) is 0 Å². The van der Waals surface area contributed by atoms with Crippen LogP contribution in [-0.4, -0.2) is 108 Å². The molecule has 2 saturated heterocycles. The number of aliphatic hydroxyl groups is 3. The molecule has 3 rings (SSSR count). The van der Waals surface area contributed by atoms with Crippen LogP contribution in [0.5, 0.6) is 0 Å². The molecule has 2 fully saturated rings. The number of aldehydes is 1. The Morgan fingerprint density at radius 2 is 1.77 bits per heavy atom. The van der Waals surface area contributed by atoms with Crippen molar-refractivity contribution in [1.29, 1.82) is 0 Å². The van der Waals surface area contributed by atoms with Gasteiger partial charge < -0.3 is 54.8 Å². The van der Waals surface area contributed by atoms with Crippen molar-refractivity contribution < 1.29 is 49.0 Å². The standard InChI is InChI=1S/C23H34N2O10/c1-11-4-6-13(7-5-11)25-10-14-17(28)20(15(24-8-9-26)22(32-3)33-14)35-23-18(29)16(27)12(2)19(34-23)21(30)31/h4-7,9,12,14-20,22-25,27-29H,8,10H2,1-3H3,(H,30,31). The number of carbonyl (C=O) groups excluding carboxylic acids is 1. The molecule has 12 nitrogen and oxygen atoms in total. The Morgan fingerprint density at radius 3 is 2.37 bits per heavy atom. The van der Waals surface area contributed by atoms with Crippen LogP contribution in [0.25, 0.3) is 0 Å². The summed E-state index contributed by atoms with van der Waals surface area (Å²) in [6.07, 6.45) is -9.68. The number of aliphatic carboxylic acids is 1. The second-order valence-corrected chi connectivity index (χ2v) is 8.82. The average molecular weight is 499 g/mol. The van der Waals surface area contributed by atoms with Crippen molar-refractivity contribution >= 4 is 17.9 Å². The maximum atomic E-state index is 11.6. The molecule has 0 saturated carbocycles. The molecule has 2 aliphatic rings. The molecule has 2 aliphatic heterocycles. The third-order valence-corrected chi connectivity index (χ3v) is 6.36. The van der Waals surface area contributed by atoms with Gasteiger partial charge in [0.15, 0.2) is 18.7 Å². The van der Waals surface area contributed by atoms with Crippen molar-refractivity contribution in [3.63, 3.8) is 0 Å². The summed E-state index contributed by atoms with van der Waals surface area (Å²) in [4.78, 5) is 22.6. The van der Waals surface area contributed by atoms with E-state index in [4.69, 9.17) is 18.9 Å². The van der Waals surface area contributed by atoms with E-state index in [2.05, 4.69) is 10.6 Å². The first-order valence-electron chi connectivity index (χ1n) is 11.4. The van der Waals surface area contributed by atoms with E-state index in [9.17, 15) is 30.0 Å². The zero-order chi connectivity index (χ0) is 25.7. The number of rotatable bonds is 10. The number of hydrogen-bond donors (Lipinski definition) is 6. The number of carboxylic acid groups (broad SMARTS) is 1. The van der Waals surface area contributed by atoms with Gasteiger partial charge in [0.05, 0.1) is 18.7 Å². The maximum absolute atomic E-state index is 11.6. The fourth-order valence-electron chi connectivity index (χ4n) is 4.29. The fourth-order valence-corrected chi connectivity index (χ4v) is 4.29. The van der Waals surface area contributed by atoms with Crippen LogP contribution in [0.15, 0.2) is 24.3 Å². The third-order valence-electron chi connectivity index (χ3n) is 6.36. The van der Waals surface area contributed by atoms with Gasteiger partial charge in [-0.3, -0.25) is 0 Å². The second-order valence-electron chi connectivity index (χ2n) is 8.82. The Bertz CT molecular complexity index is 840. The Hall–Kier alpha value is -2.16. The van der Waals surface area contributed by atoms with Crippen LogP contribution in [0.2, 0.25) is 0 Å². The van der Waals surface area contributed by atoms with Crippen LogP contribution >= 0.6 is 0 Å². The molecule has 1 aromatic rings. The number of anilines is 1. The van der Waals surface area contributed by atoms with E-state index >= 15 is 0 Å². The summed E-state index contributed by atoms with van der Waals surface area (Å²) in [7, 11) is 1.39. The van der Waals surface area contributed by atoms with Crippen molar-refractivity contribution in [3.05, 3.63) is 29.8 Å². The number of benzene rings is 1. The van der Waals surface area contributed by atoms with Crippen molar-refractivity contribution in [2.75, 3.05) is 25.5 Å². The van der Waals surface area contributed by atoms with Crippen LogP contribution in [0.3, 0.4) is 0 Å². The van der Waals surface area contributed by atoms with Gasteiger partial charge in [0, 0.05) is 25.3 Å². The third kappa shape index (κ3) is 6.35. The molecule has 0 aromatic heterocycles. The number of aryl methyl sites for hydroxylation is 1. The summed E-state index contributed by atoms with van der Waals surface area (Å²) in [6, 6.07) is 6.72. The summed E-state index contributed by atoms with van der Waals surface area (Å²) in [5.74, 6) is -2.22. The Morgan fingerprint density at radius 1 is 1.09 bits per heavy atom. The summed E-state index contributed by atoms with van der Waals surface area (Å²) >= 11 is 0. The van der Waals surface area contributed by atoms with Crippen LogP contribution in [0.4, 0.5) is 5.69 Å². The van der Waals surface area contributed by atoms with E-state index in [0.29, 0.717) is 6.29 Å². The molecule has 10 atom stereocenters. The zero-order valence-corrected chi connectivity index (χ0v) is 19.8. The molecular formula is C23H34N2O10. The molecule has 0 bridgehead atoms. The number of carboxylic acids is 1. The van der Waals surface area contributed by atoms with Crippen LogP contribution in [-0.2, 0) is 28.5 Å². The molecule has 196 valence electrons. The smallest absolute Gasteiger partial charge is 0.333 e. The maximum Gasteiger partial charge on any atom is 0.333 e. The molecule has 2 heterocycles. The van der Waals surface area contributed by atoms with Gasteiger partial charge in [-0.2, -0.15) is 0 Å². The largest absolute Gasteiger partial charge is 0.479 e. The van der Waals surface area contributed by atoms with Crippen molar-refractivity contribution in [2.24, 2.45) is 5.92 Å². The highest BCUT2D eigenvalue weighted by molar-refractivity contribution is 5.73. The van der Waals surface area contributed by atoms with Crippen LogP contribution < -0.4 is 10.6 Å². The highest BCUT2D eigenvalue weighted by atomic mass is 16.7. The lowest BCUT2D eigenvalue weighted by Gasteiger charge is -2.47. The molecule has 1 aromatic carbocycles. The minimum Gasteiger partial charge on any atom is -0.479 e. The van der Waals surface area contributed by atoms with E-state index in [1.165, 1.54) is 14.0 Å². The first-order chi connectivity index (χ1) is 16.7. The average Bonchev–Trinajstić information content (AvgIpc) is 2.84. The van der Waals surface area contributed by atoms with Crippen LogP contribution in [0, 0.1) is 12.8 Å². The SMILES string of the molecule is COC1OC(CNc2ccc(C)cc2)C(O)C(OC2OC(C(=O)O)C(C)C(O)C2O)C1NCC=O. The monoisotopic (exact) mass is 498 g/mol. The van der Waals surface area contributed by atoms with Crippen molar-refractivity contribution in [2.45, 2.75) is 69.1 Å². The molecule has 6 N–H and O–H groups in total. The van der Waals surface area contributed by atoms with E-state index in [0.717, 1.165) is 11.3 Å². The first-order valence-corrected chi connectivity index (χ1v) is 11.4. The molecular weight excluding hydrogens is 464 g/mol. The van der Waals surface area contributed by atoms with E-state index < -0.39 is 67.1 Å². The molecule has 35 heavy (non-hydrogen) atoms. The van der Waals surface area contributed by atoms with Gasteiger partial charge in [-0.1, -0.05) is 24.6 Å². The Labute approximate surface area is 203 Å². The van der Waals surface area contributed by atoms with Crippen LogP contribution in [0.1, 0.15) is 12.5 Å². The number of ether oxygens (including phenoxy) is 4.